The SMILES string of the molecule is CCOC(=O)C1=C(C)N=c2s/c(=C/c3ccc(F)cc3)c(=O)n2[C@H]1c1ccc(OC(C)=O)cc1. The zero-order chi connectivity index (χ0) is 24.4. The second-order valence-electron chi connectivity index (χ2n) is 7.52. The maximum atomic E-state index is 13.5. The van der Waals surface area contributed by atoms with Gasteiger partial charge < -0.3 is 9.47 Å². The van der Waals surface area contributed by atoms with Gasteiger partial charge >= 0.3 is 11.9 Å². The molecule has 1 aliphatic rings. The van der Waals surface area contributed by atoms with Crippen molar-refractivity contribution in [3.63, 3.8) is 0 Å². The van der Waals surface area contributed by atoms with E-state index in [0.29, 0.717) is 31.9 Å². The van der Waals surface area contributed by atoms with Gasteiger partial charge in [0.15, 0.2) is 4.80 Å². The first-order valence-electron chi connectivity index (χ1n) is 10.5. The van der Waals surface area contributed by atoms with Crippen molar-refractivity contribution in [3.8, 4) is 5.75 Å². The number of carbonyl (C=O) groups is 2. The summed E-state index contributed by atoms with van der Waals surface area (Å²) in [6.07, 6.45) is 1.66. The number of allylic oxidation sites excluding steroid dienone is 1. The van der Waals surface area contributed by atoms with Gasteiger partial charge in [-0.1, -0.05) is 35.6 Å². The lowest BCUT2D eigenvalue weighted by molar-refractivity contribution is -0.139. The molecule has 2 aromatic carbocycles. The Labute approximate surface area is 198 Å². The zero-order valence-corrected chi connectivity index (χ0v) is 19.5. The van der Waals surface area contributed by atoms with Gasteiger partial charge in [0.05, 0.1) is 28.5 Å². The molecule has 174 valence electrons. The molecule has 3 aromatic rings. The van der Waals surface area contributed by atoms with E-state index in [9.17, 15) is 18.8 Å². The van der Waals surface area contributed by atoms with Crippen molar-refractivity contribution in [3.05, 3.63) is 96.4 Å². The summed E-state index contributed by atoms with van der Waals surface area (Å²) in [5.41, 5.74) is 1.65. The molecule has 0 amide bonds. The molecule has 1 aliphatic heterocycles. The molecule has 1 aromatic heterocycles. The normalized spacial score (nSPS) is 15.5. The molecule has 0 saturated heterocycles. The first kappa shape index (κ1) is 23.3. The molecule has 0 unspecified atom stereocenters. The summed E-state index contributed by atoms with van der Waals surface area (Å²) in [5, 5.41) is 0. The van der Waals surface area contributed by atoms with E-state index in [-0.39, 0.29) is 23.6 Å². The van der Waals surface area contributed by atoms with Crippen LogP contribution in [0.1, 0.15) is 37.9 Å². The molecular weight excluding hydrogens is 459 g/mol. The standard InChI is InChI=1S/C25H21FN2O5S/c1-4-32-24(31)21-14(2)27-25-28(22(21)17-7-11-19(12-8-17)33-15(3)29)23(30)20(34-25)13-16-5-9-18(26)10-6-16/h5-13,22H,4H2,1-3H3/b20-13+/t22-/m0/s1. The number of thiazole rings is 1. The van der Waals surface area contributed by atoms with Gasteiger partial charge in [0.2, 0.25) is 0 Å². The Morgan fingerprint density at radius 2 is 1.82 bits per heavy atom. The summed E-state index contributed by atoms with van der Waals surface area (Å²) in [6, 6.07) is 11.6. The minimum atomic E-state index is -0.781. The highest BCUT2D eigenvalue weighted by Gasteiger charge is 2.33. The molecule has 0 N–H and O–H groups in total. The smallest absolute Gasteiger partial charge is 0.338 e. The van der Waals surface area contributed by atoms with E-state index in [2.05, 4.69) is 4.99 Å². The molecule has 7 nitrogen and oxygen atoms in total. The molecule has 1 atom stereocenters. The van der Waals surface area contributed by atoms with Gasteiger partial charge in [-0.3, -0.25) is 14.2 Å². The Balaban J connectivity index is 1.89. The summed E-state index contributed by atoms with van der Waals surface area (Å²) in [5.74, 6) is -1.04. The van der Waals surface area contributed by atoms with Gasteiger partial charge in [-0.2, -0.15) is 0 Å². The van der Waals surface area contributed by atoms with Crippen LogP contribution in [-0.2, 0) is 14.3 Å². The van der Waals surface area contributed by atoms with Crippen LogP contribution in [0.2, 0.25) is 0 Å². The predicted molar refractivity (Wildman–Crippen MR) is 125 cm³/mol. The van der Waals surface area contributed by atoms with E-state index >= 15 is 0 Å². The van der Waals surface area contributed by atoms with Gasteiger partial charge in [-0.15, -0.1) is 0 Å². The average Bonchev–Trinajstić information content (AvgIpc) is 3.09. The number of esters is 2. The van der Waals surface area contributed by atoms with Gasteiger partial charge in [0, 0.05) is 6.92 Å². The number of halogens is 1. The number of carbonyl (C=O) groups excluding carboxylic acids is 2. The van der Waals surface area contributed by atoms with Crippen molar-refractivity contribution < 1.29 is 23.5 Å². The quantitative estimate of drug-likeness (QED) is 0.414. The van der Waals surface area contributed by atoms with Crippen LogP contribution in [0.15, 0.2) is 69.6 Å². The summed E-state index contributed by atoms with van der Waals surface area (Å²) in [4.78, 5) is 42.6. The first-order valence-corrected chi connectivity index (χ1v) is 11.3. The molecule has 0 aliphatic carbocycles. The maximum Gasteiger partial charge on any atom is 0.338 e. The second kappa shape index (κ2) is 9.56. The molecule has 0 bridgehead atoms. The van der Waals surface area contributed by atoms with Crippen LogP contribution in [0.25, 0.3) is 6.08 Å². The van der Waals surface area contributed by atoms with Crippen LogP contribution in [0, 0.1) is 5.82 Å². The van der Waals surface area contributed by atoms with Gasteiger partial charge in [-0.25, -0.2) is 14.2 Å². The highest BCUT2D eigenvalue weighted by Crippen LogP contribution is 2.31. The number of rotatable bonds is 5. The first-order chi connectivity index (χ1) is 16.3. The predicted octanol–water partition coefficient (Wildman–Crippen LogP) is 2.86. The van der Waals surface area contributed by atoms with E-state index in [4.69, 9.17) is 9.47 Å². The van der Waals surface area contributed by atoms with Crippen molar-refractivity contribution >= 4 is 29.4 Å². The minimum Gasteiger partial charge on any atom is -0.463 e. The molecule has 0 spiro atoms. The molecule has 0 radical (unpaired) electrons. The fourth-order valence-electron chi connectivity index (χ4n) is 3.70. The van der Waals surface area contributed by atoms with Crippen molar-refractivity contribution in [1.82, 2.24) is 4.57 Å². The van der Waals surface area contributed by atoms with Crippen molar-refractivity contribution in [2.45, 2.75) is 26.8 Å². The Kier molecular flexibility index (Phi) is 6.56. The van der Waals surface area contributed by atoms with Crippen molar-refractivity contribution in [2.24, 2.45) is 4.99 Å². The number of nitrogens with zero attached hydrogens (tertiary/aromatic N) is 2. The summed E-state index contributed by atoms with van der Waals surface area (Å²) in [7, 11) is 0. The van der Waals surface area contributed by atoms with Gasteiger partial charge in [0.1, 0.15) is 11.6 Å². The monoisotopic (exact) mass is 480 g/mol. The Morgan fingerprint density at radius 3 is 2.44 bits per heavy atom. The lowest BCUT2D eigenvalue weighted by Gasteiger charge is -2.24. The zero-order valence-electron chi connectivity index (χ0n) is 18.7. The number of hydrogen-bond donors (Lipinski definition) is 0. The second-order valence-corrected chi connectivity index (χ2v) is 8.53. The number of aromatic nitrogens is 1. The topological polar surface area (TPSA) is 87.0 Å². The van der Waals surface area contributed by atoms with E-state index in [1.165, 1.54) is 35.0 Å². The van der Waals surface area contributed by atoms with E-state index < -0.39 is 18.0 Å². The lowest BCUT2D eigenvalue weighted by atomic mass is 9.96. The van der Waals surface area contributed by atoms with Crippen LogP contribution in [0.3, 0.4) is 0 Å². The third kappa shape index (κ3) is 4.60. The van der Waals surface area contributed by atoms with Gasteiger partial charge in [-0.05, 0) is 55.3 Å². The number of benzene rings is 2. The van der Waals surface area contributed by atoms with Crippen molar-refractivity contribution in [2.75, 3.05) is 6.61 Å². The number of fused-ring (bicyclic) bond motifs is 1. The van der Waals surface area contributed by atoms with E-state index in [1.54, 1.807) is 56.3 Å². The Morgan fingerprint density at radius 1 is 1.15 bits per heavy atom. The Bertz CT molecular complexity index is 1470. The van der Waals surface area contributed by atoms with Gasteiger partial charge in [0.25, 0.3) is 5.56 Å². The van der Waals surface area contributed by atoms with E-state index in [1.807, 2.05) is 0 Å². The van der Waals surface area contributed by atoms with E-state index in [0.717, 1.165) is 0 Å². The summed E-state index contributed by atoms with van der Waals surface area (Å²) in [6.45, 7) is 4.87. The molecule has 2 heterocycles. The minimum absolute atomic E-state index is 0.169. The van der Waals surface area contributed by atoms with Crippen LogP contribution >= 0.6 is 11.3 Å². The van der Waals surface area contributed by atoms with Crippen LogP contribution < -0.4 is 19.6 Å². The van der Waals surface area contributed by atoms with Crippen LogP contribution in [-0.4, -0.2) is 23.1 Å². The summed E-state index contributed by atoms with van der Waals surface area (Å²) >= 11 is 1.18. The third-order valence-electron chi connectivity index (χ3n) is 5.14. The highest BCUT2D eigenvalue weighted by molar-refractivity contribution is 7.07. The third-order valence-corrected chi connectivity index (χ3v) is 6.13. The maximum absolute atomic E-state index is 13.5. The number of ether oxygens (including phenoxy) is 2. The van der Waals surface area contributed by atoms with Crippen LogP contribution in [0.4, 0.5) is 4.39 Å². The fourth-order valence-corrected chi connectivity index (χ4v) is 4.75. The molecule has 34 heavy (non-hydrogen) atoms. The average molecular weight is 481 g/mol. The lowest BCUT2D eigenvalue weighted by Crippen LogP contribution is -2.39. The molecule has 0 saturated carbocycles. The van der Waals surface area contributed by atoms with Crippen molar-refractivity contribution in [1.29, 1.82) is 0 Å². The summed E-state index contributed by atoms with van der Waals surface area (Å²) < 4.78 is 25.5. The molecule has 9 heteroatoms. The molecular formula is C25H21FN2O5S. The number of hydrogen-bond acceptors (Lipinski definition) is 7. The van der Waals surface area contributed by atoms with Crippen LogP contribution in [0.5, 0.6) is 5.75 Å². The highest BCUT2D eigenvalue weighted by atomic mass is 32.1. The molecule has 0 fully saturated rings. The Hall–Kier alpha value is -3.85. The molecule has 4 rings (SSSR count). The fraction of sp³-hybridized carbons (Fsp3) is 0.200. The largest absolute Gasteiger partial charge is 0.463 e.